The molecule has 170 valence electrons. The SMILES string of the molecule is Cc1cccc(N2C(=O)C(=Cc3ccc(N4CCCC4)c([N+](=O)[O-])c3)c3ccccc3C2=O)c1. The summed E-state index contributed by atoms with van der Waals surface area (Å²) in [6, 6.07) is 19.2. The second-order valence-corrected chi connectivity index (χ2v) is 8.59. The summed E-state index contributed by atoms with van der Waals surface area (Å²) in [6.07, 6.45) is 3.66. The molecule has 0 unspecified atom stereocenters. The number of carbonyl (C=O) groups excluding carboxylic acids is 2. The summed E-state index contributed by atoms with van der Waals surface area (Å²) in [5.41, 5.74) is 3.81. The van der Waals surface area contributed by atoms with Crippen LogP contribution in [0.1, 0.15) is 39.9 Å². The summed E-state index contributed by atoms with van der Waals surface area (Å²) in [4.78, 5) is 41.5. The first kappa shape index (κ1) is 21.6. The Morgan fingerprint density at radius 3 is 2.32 bits per heavy atom. The second-order valence-electron chi connectivity index (χ2n) is 8.59. The smallest absolute Gasteiger partial charge is 0.293 e. The van der Waals surface area contributed by atoms with Crippen molar-refractivity contribution < 1.29 is 14.5 Å². The minimum absolute atomic E-state index is 0.0133. The molecule has 7 nitrogen and oxygen atoms in total. The van der Waals surface area contributed by atoms with E-state index in [1.165, 1.54) is 11.0 Å². The van der Waals surface area contributed by atoms with Crippen molar-refractivity contribution in [3.05, 3.63) is 99.1 Å². The Morgan fingerprint density at radius 1 is 0.882 bits per heavy atom. The highest BCUT2D eigenvalue weighted by Crippen LogP contribution is 2.36. The predicted octanol–water partition coefficient (Wildman–Crippen LogP) is 5.23. The molecule has 0 spiro atoms. The Hall–Kier alpha value is -4.26. The summed E-state index contributed by atoms with van der Waals surface area (Å²) < 4.78 is 0. The maximum atomic E-state index is 13.6. The Morgan fingerprint density at radius 2 is 1.62 bits per heavy atom. The molecule has 0 aliphatic carbocycles. The lowest BCUT2D eigenvalue weighted by Crippen LogP contribution is -2.41. The van der Waals surface area contributed by atoms with Crippen LogP contribution in [0.15, 0.2) is 66.7 Å². The van der Waals surface area contributed by atoms with Gasteiger partial charge in [0.1, 0.15) is 5.69 Å². The number of anilines is 2. The normalized spacial score (nSPS) is 16.8. The summed E-state index contributed by atoms with van der Waals surface area (Å²) in [6.45, 7) is 3.48. The number of carbonyl (C=O) groups is 2. The Kier molecular flexibility index (Phi) is 5.45. The molecular formula is C27H23N3O4. The van der Waals surface area contributed by atoms with Crippen molar-refractivity contribution in [2.45, 2.75) is 19.8 Å². The first-order valence-corrected chi connectivity index (χ1v) is 11.2. The number of hydrogen-bond donors (Lipinski definition) is 0. The van der Waals surface area contributed by atoms with Crippen molar-refractivity contribution in [3.8, 4) is 0 Å². The lowest BCUT2D eigenvalue weighted by Gasteiger charge is -2.29. The maximum absolute atomic E-state index is 13.6. The third-order valence-corrected chi connectivity index (χ3v) is 6.30. The lowest BCUT2D eigenvalue weighted by atomic mass is 9.91. The molecule has 0 saturated carbocycles. The average Bonchev–Trinajstić information content (AvgIpc) is 3.37. The molecule has 34 heavy (non-hydrogen) atoms. The molecule has 1 fully saturated rings. The van der Waals surface area contributed by atoms with Crippen LogP contribution in [0.2, 0.25) is 0 Å². The first-order valence-electron chi connectivity index (χ1n) is 11.2. The number of nitro groups is 1. The Bertz CT molecular complexity index is 1360. The molecule has 2 aliphatic heterocycles. The second kappa shape index (κ2) is 8.59. The van der Waals surface area contributed by atoms with Crippen LogP contribution in [-0.4, -0.2) is 29.8 Å². The fourth-order valence-corrected chi connectivity index (χ4v) is 4.66. The largest absolute Gasteiger partial charge is 0.366 e. The van der Waals surface area contributed by atoms with E-state index in [9.17, 15) is 19.7 Å². The van der Waals surface area contributed by atoms with Crippen LogP contribution < -0.4 is 9.80 Å². The summed E-state index contributed by atoms with van der Waals surface area (Å²) in [5.74, 6) is -0.848. The van der Waals surface area contributed by atoms with Gasteiger partial charge in [0, 0.05) is 30.3 Å². The molecule has 2 amide bonds. The number of amides is 2. The van der Waals surface area contributed by atoms with Gasteiger partial charge in [-0.3, -0.25) is 19.7 Å². The van der Waals surface area contributed by atoms with Crippen LogP contribution in [0.3, 0.4) is 0 Å². The van der Waals surface area contributed by atoms with E-state index in [2.05, 4.69) is 0 Å². The quantitative estimate of drug-likeness (QED) is 0.234. The zero-order valence-electron chi connectivity index (χ0n) is 18.7. The fourth-order valence-electron chi connectivity index (χ4n) is 4.66. The van der Waals surface area contributed by atoms with Gasteiger partial charge in [-0.1, -0.05) is 36.4 Å². The van der Waals surface area contributed by atoms with E-state index in [0.29, 0.717) is 33.6 Å². The highest BCUT2D eigenvalue weighted by atomic mass is 16.6. The van der Waals surface area contributed by atoms with Crippen LogP contribution in [-0.2, 0) is 4.79 Å². The van der Waals surface area contributed by atoms with Gasteiger partial charge in [-0.25, -0.2) is 4.90 Å². The van der Waals surface area contributed by atoms with Crippen LogP contribution in [0.4, 0.5) is 17.1 Å². The van der Waals surface area contributed by atoms with Crippen LogP contribution >= 0.6 is 0 Å². The number of hydrogen-bond acceptors (Lipinski definition) is 5. The van der Waals surface area contributed by atoms with Crippen LogP contribution in [0.5, 0.6) is 0 Å². The molecule has 0 atom stereocenters. The molecule has 0 radical (unpaired) electrons. The lowest BCUT2D eigenvalue weighted by molar-refractivity contribution is -0.384. The standard InChI is InChI=1S/C27H23N3O4/c1-18-7-6-8-20(15-18)29-26(31)22-10-3-2-9-21(22)23(27(29)32)16-19-11-12-24(25(17-19)30(33)34)28-13-4-5-14-28/h2-3,6-12,15-17H,4-5,13-14H2,1H3. The number of rotatable bonds is 4. The van der Waals surface area contributed by atoms with E-state index >= 15 is 0 Å². The highest BCUT2D eigenvalue weighted by molar-refractivity contribution is 6.43. The third-order valence-electron chi connectivity index (χ3n) is 6.30. The Labute approximate surface area is 197 Å². The van der Waals surface area contributed by atoms with Gasteiger partial charge in [-0.15, -0.1) is 0 Å². The van der Waals surface area contributed by atoms with Crippen molar-refractivity contribution in [2.24, 2.45) is 0 Å². The molecular weight excluding hydrogens is 430 g/mol. The first-order chi connectivity index (χ1) is 16.4. The maximum Gasteiger partial charge on any atom is 0.293 e. The van der Waals surface area contributed by atoms with Crippen molar-refractivity contribution in [3.63, 3.8) is 0 Å². The molecule has 0 bridgehead atoms. The summed E-state index contributed by atoms with van der Waals surface area (Å²) in [7, 11) is 0. The van der Waals surface area contributed by atoms with Gasteiger partial charge in [-0.2, -0.15) is 0 Å². The van der Waals surface area contributed by atoms with E-state index in [0.717, 1.165) is 31.5 Å². The molecule has 3 aromatic carbocycles. The van der Waals surface area contributed by atoms with E-state index in [1.807, 2.05) is 17.9 Å². The van der Waals surface area contributed by atoms with Crippen LogP contribution in [0, 0.1) is 17.0 Å². The zero-order valence-corrected chi connectivity index (χ0v) is 18.7. The zero-order chi connectivity index (χ0) is 23.8. The van der Waals surface area contributed by atoms with Gasteiger partial charge in [0.2, 0.25) is 0 Å². The van der Waals surface area contributed by atoms with Crippen molar-refractivity contribution in [1.29, 1.82) is 0 Å². The van der Waals surface area contributed by atoms with Crippen molar-refractivity contribution >= 4 is 40.5 Å². The van der Waals surface area contributed by atoms with Gasteiger partial charge in [0.05, 0.1) is 10.6 Å². The van der Waals surface area contributed by atoms with E-state index < -0.39 is 11.8 Å². The Balaban J connectivity index is 1.63. The number of nitro benzene ring substituents is 1. The highest BCUT2D eigenvalue weighted by Gasteiger charge is 2.36. The number of aryl methyl sites for hydroxylation is 1. The van der Waals surface area contributed by atoms with Gasteiger partial charge in [0.15, 0.2) is 0 Å². The van der Waals surface area contributed by atoms with Gasteiger partial charge in [0.25, 0.3) is 17.5 Å². The number of benzene rings is 3. The van der Waals surface area contributed by atoms with Crippen molar-refractivity contribution in [2.75, 3.05) is 22.9 Å². The van der Waals surface area contributed by atoms with Gasteiger partial charge >= 0.3 is 0 Å². The molecule has 2 heterocycles. The number of nitrogens with zero attached hydrogens (tertiary/aromatic N) is 3. The number of fused-ring (bicyclic) bond motifs is 1. The summed E-state index contributed by atoms with van der Waals surface area (Å²) in [5, 5.41) is 11.8. The molecule has 0 N–H and O–H groups in total. The van der Waals surface area contributed by atoms with Gasteiger partial charge < -0.3 is 4.90 Å². The fraction of sp³-hybridized carbons (Fsp3) is 0.185. The predicted molar refractivity (Wildman–Crippen MR) is 132 cm³/mol. The van der Waals surface area contributed by atoms with Crippen molar-refractivity contribution in [1.82, 2.24) is 0 Å². The topological polar surface area (TPSA) is 83.8 Å². The molecule has 5 rings (SSSR count). The minimum Gasteiger partial charge on any atom is -0.366 e. The number of imide groups is 1. The minimum atomic E-state index is -0.458. The molecule has 1 saturated heterocycles. The molecule has 0 aromatic heterocycles. The summed E-state index contributed by atoms with van der Waals surface area (Å²) >= 11 is 0. The van der Waals surface area contributed by atoms with E-state index in [1.54, 1.807) is 60.7 Å². The van der Waals surface area contributed by atoms with Gasteiger partial charge in [-0.05, 0) is 66.8 Å². The molecule has 3 aromatic rings. The van der Waals surface area contributed by atoms with E-state index in [-0.39, 0.29) is 10.6 Å². The molecule has 7 heteroatoms. The van der Waals surface area contributed by atoms with Crippen LogP contribution in [0.25, 0.3) is 11.6 Å². The average molecular weight is 453 g/mol. The third kappa shape index (κ3) is 3.75. The van der Waals surface area contributed by atoms with E-state index in [4.69, 9.17) is 0 Å². The monoisotopic (exact) mass is 453 g/mol. The molecule has 2 aliphatic rings.